The molecule has 1 aromatic carbocycles. The van der Waals surface area contributed by atoms with Gasteiger partial charge in [0.25, 0.3) is 0 Å². The zero-order chi connectivity index (χ0) is 13.1. The summed E-state index contributed by atoms with van der Waals surface area (Å²) in [5.41, 5.74) is 0.560. The Hall–Kier alpha value is -2.05. The van der Waals surface area contributed by atoms with Crippen molar-refractivity contribution in [1.29, 1.82) is 0 Å². The van der Waals surface area contributed by atoms with E-state index >= 15 is 0 Å². The van der Waals surface area contributed by atoms with Crippen LogP contribution < -0.4 is 14.8 Å². The summed E-state index contributed by atoms with van der Waals surface area (Å²) in [5, 5.41) is 2.48. The minimum atomic E-state index is -2.95. The van der Waals surface area contributed by atoms with Gasteiger partial charge in [-0.3, -0.25) is 0 Å². The molecule has 1 aliphatic rings. The molecule has 0 aromatic heterocycles. The molecule has 1 aromatic rings. The van der Waals surface area contributed by atoms with Gasteiger partial charge in [-0.05, 0) is 17.7 Å². The van der Waals surface area contributed by atoms with E-state index in [2.05, 4.69) is 10.1 Å². The normalized spacial score (nSPS) is 18.4. The van der Waals surface area contributed by atoms with E-state index in [1.54, 1.807) is 6.07 Å². The fourth-order valence-corrected chi connectivity index (χ4v) is 1.66. The Labute approximate surface area is 102 Å². The molecule has 18 heavy (non-hydrogen) atoms. The van der Waals surface area contributed by atoms with E-state index in [1.807, 2.05) is 0 Å². The van der Waals surface area contributed by atoms with Gasteiger partial charge in [-0.15, -0.1) is 0 Å². The van der Waals surface area contributed by atoms with Gasteiger partial charge in [-0.2, -0.15) is 8.78 Å². The second-order valence-corrected chi connectivity index (χ2v) is 3.56. The molecule has 2 rings (SSSR count). The van der Waals surface area contributed by atoms with Gasteiger partial charge in [-0.25, -0.2) is 4.79 Å². The molecule has 0 spiro atoms. The lowest BCUT2D eigenvalue weighted by Crippen LogP contribution is -2.12. The Morgan fingerprint density at radius 1 is 1.44 bits per heavy atom. The van der Waals surface area contributed by atoms with Crippen LogP contribution in [0.5, 0.6) is 11.5 Å². The van der Waals surface area contributed by atoms with Crippen LogP contribution in [-0.4, -0.2) is 26.4 Å². The number of hydrogen-bond donors (Lipinski definition) is 1. The first-order chi connectivity index (χ1) is 8.60. The molecule has 1 heterocycles. The average Bonchev–Trinajstić information content (AvgIpc) is 2.75. The first-order valence-corrected chi connectivity index (χ1v) is 5.17. The quantitative estimate of drug-likeness (QED) is 0.899. The van der Waals surface area contributed by atoms with Crippen molar-refractivity contribution < 1.29 is 27.8 Å². The summed E-state index contributed by atoms with van der Waals surface area (Å²) >= 11 is 0. The Morgan fingerprint density at radius 2 is 2.22 bits per heavy atom. The minimum Gasteiger partial charge on any atom is -0.493 e. The van der Waals surface area contributed by atoms with E-state index in [4.69, 9.17) is 9.47 Å². The van der Waals surface area contributed by atoms with E-state index in [9.17, 15) is 13.6 Å². The highest BCUT2D eigenvalue weighted by Crippen LogP contribution is 2.33. The van der Waals surface area contributed by atoms with E-state index in [0.717, 1.165) is 0 Å². The second-order valence-electron chi connectivity index (χ2n) is 3.56. The number of benzene rings is 1. The summed E-state index contributed by atoms with van der Waals surface area (Å²) in [6, 6.07) is 4.48. The highest BCUT2D eigenvalue weighted by molar-refractivity contribution is 5.69. The first-order valence-electron chi connectivity index (χ1n) is 5.17. The van der Waals surface area contributed by atoms with E-state index in [0.29, 0.717) is 12.1 Å². The molecule has 1 N–H and O–H groups in total. The van der Waals surface area contributed by atoms with Crippen LogP contribution in [0.1, 0.15) is 11.7 Å². The topological polar surface area (TPSA) is 56.8 Å². The van der Waals surface area contributed by atoms with Crippen LogP contribution in [0.4, 0.5) is 13.6 Å². The molecule has 1 fully saturated rings. The molecule has 98 valence electrons. The minimum absolute atomic E-state index is 0.0899. The number of cyclic esters (lactones) is 1. The van der Waals surface area contributed by atoms with Crippen LogP contribution in [0.3, 0.4) is 0 Å². The zero-order valence-corrected chi connectivity index (χ0v) is 9.48. The number of hydrogen-bond acceptors (Lipinski definition) is 4. The van der Waals surface area contributed by atoms with Gasteiger partial charge < -0.3 is 19.5 Å². The SMILES string of the molecule is COc1ccc(C2CNC(=O)O2)cc1OC(F)F. The van der Waals surface area contributed by atoms with E-state index in [1.165, 1.54) is 19.2 Å². The highest BCUT2D eigenvalue weighted by atomic mass is 19.3. The highest BCUT2D eigenvalue weighted by Gasteiger charge is 2.25. The van der Waals surface area contributed by atoms with Gasteiger partial charge in [0.2, 0.25) is 0 Å². The molecule has 0 radical (unpaired) electrons. The Kier molecular flexibility index (Phi) is 3.50. The van der Waals surface area contributed by atoms with Crippen molar-refractivity contribution >= 4 is 6.09 Å². The number of amides is 1. The lowest BCUT2D eigenvalue weighted by Gasteiger charge is -2.13. The van der Waals surface area contributed by atoms with Gasteiger partial charge in [0, 0.05) is 0 Å². The molecule has 0 bridgehead atoms. The van der Waals surface area contributed by atoms with Crippen molar-refractivity contribution in [2.75, 3.05) is 13.7 Å². The van der Waals surface area contributed by atoms with Crippen molar-refractivity contribution in [3.05, 3.63) is 23.8 Å². The molecule has 1 atom stereocenters. The number of carbonyl (C=O) groups is 1. The van der Waals surface area contributed by atoms with Gasteiger partial charge in [0.1, 0.15) is 6.10 Å². The van der Waals surface area contributed by atoms with Crippen molar-refractivity contribution in [3.63, 3.8) is 0 Å². The summed E-state index contributed by atoms with van der Waals surface area (Å²) in [5.74, 6) is 0.101. The smallest absolute Gasteiger partial charge is 0.407 e. The van der Waals surface area contributed by atoms with E-state index in [-0.39, 0.29) is 11.5 Å². The number of halogens is 2. The first kappa shape index (κ1) is 12.4. The Balaban J connectivity index is 2.24. The fraction of sp³-hybridized carbons (Fsp3) is 0.364. The lowest BCUT2D eigenvalue weighted by atomic mass is 10.1. The molecule has 0 saturated carbocycles. The van der Waals surface area contributed by atoms with Crippen molar-refractivity contribution in [1.82, 2.24) is 5.32 Å². The Morgan fingerprint density at radius 3 is 2.78 bits per heavy atom. The summed E-state index contributed by atoms with van der Waals surface area (Å²) in [6.45, 7) is -2.65. The maximum atomic E-state index is 12.2. The average molecular weight is 259 g/mol. The number of methoxy groups -OCH3 is 1. The summed E-state index contributed by atoms with van der Waals surface area (Å²) in [4.78, 5) is 10.9. The second kappa shape index (κ2) is 5.07. The molecule has 1 unspecified atom stereocenters. The van der Waals surface area contributed by atoms with Crippen LogP contribution in [0, 0.1) is 0 Å². The van der Waals surface area contributed by atoms with Crippen molar-refractivity contribution in [2.45, 2.75) is 12.7 Å². The lowest BCUT2D eigenvalue weighted by molar-refractivity contribution is -0.0513. The van der Waals surface area contributed by atoms with Gasteiger partial charge >= 0.3 is 12.7 Å². The number of carbonyl (C=O) groups excluding carboxylic acids is 1. The molecule has 1 saturated heterocycles. The van der Waals surface area contributed by atoms with Gasteiger partial charge in [-0.1, -0.05) is 6.07 Å². The third-order valence-corrected chi connectivity index (χ3v) is 2.46. The predicted molar refractivity (Wildman–Crippen MR) is 56.9 cm³/mol. The standard InChI is InChI=1S/C11H11F2NO4/c1-16-7-3-2-6(4-8(7)17-10(12)13)9-5-14-11(15)18-9/h2-4,9-10H,5H2,1H3,(H,14,15). The predicted octanol–water partition coefficient (Wildman–Crippen LogP) is 2.08. The fourth-order valence-electron chi connectivity index (χ4n) is 1.66. The third kappa shape index (κ3) is 2.61. The third-order valence-electron chi connectivity index (χ3n) is 2.46. The number of alkyl halides is 2. The van der Waals surface area contributed by atoms with Crippen LogP contribution in [0.2, 0.25) is 0 Å². The molecule has 7 heteroatoms. The number of ether oxygens (including phenoxy) is 3. The monoisotopic (exact) mass is 259 g/mol. The molecule has 1 aliphatic heterocycles. The summed E-state index contributed by atoms with van der Waals surface area (Å²) < 4.78 is 38.7. The maximum absolute atomic E-state index is 12.2. The number of rotatable bonds is 4. The van der Waals surface area contributed by atoms with Gasteiger partial charge in [0.15, 0.2) is 11.5 Å². The summed E-state index contributed by atoms with van der Waals surface area (Å²) in [6.07, 6.45) is -1.05. The van der Waals surface area contributed by atoms with Crippen LogP contribution in [0.15, 0.2) is 18.2 Å². The molecular weight excluding hydrogens is 248 g/mol. The molecule has 1 amide bonds. The van der Waals surface area contributed by atoms with Crippen molar-refractivity contribution in [3.8, 4) is 11.5 Å². The zero-order valence-electron chi connectivity index (χ0n) is 9.48. The number of alkyl carbamates (subject to hydrolysis) is 1. The van der Waals surface area contributed by atoms with Crippen molar-refractivity contribution in [2.24, 2.45) is 0 Å². The van der Waals surface area contributed by atoms with Crippen LogP contribution >= 0.6 is 0 Å². The summed E-state index contributed by atoms with van der Waals surface area (Å²) in [7, 11) is 1.35. The molecule has 5 nitrogen and oxygen atoms in total. The van der Waals surface area contributed by atoms with Gasteiger partial charge in [0.05, 0.1) is 13.7 Å². The molecular formula is C11H11F2NO4. The van der Waals surface area contributed by atoms with E-state index < -0.39 is 18.8 Å². The Bertz CT molecular complexity index is 453. The van der Waals surface area contributed by atoms with Crippen LogP contribution in [0.25, 0.3) is 0 Å². The molecule has 0 aliphatic carbocycles. The largest absolute Gasteiger partial charge is 0.493 e. The number of nitrogens with one attached hydrogen (secondary N) is 1. The maximum Gasteiger partial charge on any atom is 0.407 e. The van der Waals surface area contributed by atoms with Crippen LogP contribution in [-0.2, 0) is 4.74 Å².